The van der Waals surface area contributed by atoms with Crippen LogP contribution in [0.4, 0.5) is 0 Å². The molecule has 28 heavy (non-hydrogen) atoms. The Bertz CT molecular complexity index is 1020. The third-order valence-corrected chi connectivity index (χ3v) is 5.66. The number of amides is 1. The van der Waals surface area contributed by atoms with Crippen molar-refractivity contribution in [3.05, 3.63) is 56.0 Å². The molecule has 146 valence electrons. The lowest BCUT2D eigenvalue weighted by Gasteiger charge is -2.06. The number of thiazole rings is 1. The molecule has 2 heterocycles. The van der Waals surface area contributed by atoms with E-state index in [2.05, 4.69) is 20.5 Å². The van der Waals surface area contributed by atoms with Crippen LogP contribution in [0.2, 0.25) is 5.02 Å². The number of hydrogen-bond donors (Lipinski definition) is 2. The summed E-state index contributed by atoms with van der Waals surface area (Å²) in [5.41, 5.74) is 0.721. The third-order valence-electron chi connectivity index (χ3n) is 4.25. The van der Waals surface area contributed by atoms with Crippen LogP contribution in [0.3, 0.4) is 0 Å². The highest BCUT2D eigenvalue weighted by Gasteiger charge is 2.27. The van der Waals surface area contributed by atoms with Gasteiger partial charge in [0, 0.05) is 16.4 Å². The maximum Gasteiger partial charge on any atom is 0.226 e. The largest absolute Gasteiger partial charge is 0.486 e. The van der Waals surface area contributed by atoms with Gasteiger partial charge in [0.05, 0.1) is 18.7 Å². The average Bonchev–Trinajstić information content (AvgIpc) is 3.31. The fourth-order valence-electron chi connectivity index (χ4n) is 2.75. The summed E-state index contributed by atoms with van der Waals surface area (Å²) in [6.07, 6.45) is 2.43. The SMILES string of the molecule is O=C(Cc1csc(COc2ccc(Cl)cc2)n1)NCc1n[nH]c(=S)n1C1CC1. The highest BCUT2D eigenvalue weighted by atomic mass is 35.5. The highest BCUT2D eigenvalue weighted by molar-refractivity contribution is 7.71. The van der Waals surface area contributed by atoms with Gasteiger partial charge in [-0.15, -0.1) is 11.3 Å². The summed E-state index contributed by atoms with van der Waals surface area (Å²) >= 11 is 12.6. The van der Waals surface area contributed by atoms with Crippen molar-refractivity contribution in [3.8, 4) is 5.75 Å². The number of rotatable bonds is 8. The molecule has 0 bridgehead atoms. The van der Waals surface area contributed by atoms with E-state index in [1.54, 1.807) is 12.1 Å². The second kappa shape index (κ2) is 8.42. The van der Waals surface area contributed by atoms with Gasteiger partial charge in [-0.1, -0.05) is 11.6 Å². The van der Waals surface area contributed by atoms with Gasteiger partial charge in [-0.25, -0.2) is 4.98 Å². The summed E-state index contributed by atoms with van der Waals surface area (Å²) in [6, 6.07) is 7.58. The monoisotopic (exact) mass is 435 g/mol. The molecule has 1 saturated carbocycles. The molecule has 0 spiro atoms. The molecule has 0 radical (unpaired) electrons. The molecular weight excluding hydrogens is 418 g/mol. The van der Waals surface area contributed by atoms with E-state index in [1.165, 1.54) is 11.3 Å². The van der Waals surface area contributed by atoms with Gasteiger partial charge >= 0.3 is 0 Å². The number of carbonyl (C=O) groups is 1. The maximum atomic E-state index is 12.2. The zero-order valence-electron chi connectivity index (χ0n) is 14.9. The second-order valence-electron chi connectivity index (χ2n) is 6.47. The Balaban J connectivity index is 1.27. The minimum absolute atomic E-state index is 0.105. The summed E-state index contributed by atoms with van der Waals surface area (Å²) in [7, 11) is 0. The standard InChI is InChI=1S/C18H18ClN5O2S2/c19-11-1-5-14(6-2-11)26-9-17-21-12(10-28-17)7-16(25)20-8-15-22-23-18(27)24(15)13-3-4-13/h1-2,5-6,10,13H,3-4,7-9H2,(H,20,25)(H,23,27). The highest BCUT2D eigenvalue weighted by Crippen LogP contribution is 2.35. The zero-order valence-corrected chi connectivity index (χ0v) is 17.2. The molecule has 10 heteroatoms. The summed E-state index contributed by atoms with van der Waals surface area (Å²) in [6.45, 7) is 0.698. The van der Waals surface area contributed by atoms with Crippen molar-refractivity contribution in [2.24, 2.45) is 0 Å². The Labute approximate surface area is 175 Å². The number of ether oxygens (including phenoxy) is 1. The molecule has 1 aliphatic rings. The van der Waals surface area contributed by atoms with Gasteiger partial charge < -0.3 is 10.1 Å². The van der Waals surface area contributed by atoms with Gasteiger partial charge in [0.1, 0.15) is 17.4 Å². The zero-order chi connectivity index (χ0) is 19.5. The van der Waals surface area contributed by atoms with E-state index in [0.717, 1.165) is 35.1 Å². The van der Waals surface area contributed by atoms with E-state index < -0.39 is 0 Å². The molecule has 4 rings (SSSR count). The number of carbonyl (C=O) groups excluding carboxylic acids is 1. The minimum atomic E-state index is -0.105. The van der Waals surface area contributed by atoms with Crippen LogP contribution in [0.5, 0.6) is 5.75 Å². The molecule has 1 aromatic carbocycles. The summed E-state index contributed by atoms with van der Waals surface area (Å²) in [5, 5.41) is 13.2. The number of nitrogens with zero attached hydrogens (tertiary/aromatic N) is 3. The van der Waals surface area contributed by atoms with Crippen LogP contribution in [0.25, 0.3) is 0 Å². The molecule has 0 unspecified atom stereocenters. The van der Waals surface area contributed by atoms with E-state index in [4.69, 9.17) is 28.6 Å². The fourth-order valence-corrected chi connectivity index (χ4v) is 3.88. The van der Waals surface area contributed by atoms with Crippen LogP contribution in [0.1, 0.15) is 35.4 Å². The van der Waals surface area contributed by atoms with E-state index in [1.807, 2.05) is 22.1 Å². The Morgan fingerprint density at radius 2 is 2.18 bits per heavy atom. The van der Waals surface area contributed by atoms with Crippen molar-refractivity contribution < 1.29 is 9.53 Å². The normalized spacial score (nSPS) is 13.5. The molecule has 3 aromatic rings. The lowest BCUT2D eigenvalue weighted by atomic mass is 10.3. The molecular formula is C18H18ClN5O2S2. The van der Waals surface area contributed by atoms with Gasteiger partial charge in [0.25, 0.3) is 0 Å². The number of hydrogen-bond acceptors (Lipinski definition) is 6. The summed E-state index contributed by atoms with van der Waals surface area (Å²) < 4.78 is 8.28. The van der Waals surface area contributed by atoms with Crippen LogP contribution in [-0.4, -0.2) is 25.7 Å². The van der Waals surface area contributed by atoms with Gasteiger partial charge in [-0.2, -0.15) is 5.10 Å². The topological polar surface area (TPSA) is 84.8 Å². The quantitative estimate of drug-likeness (QED) is 0.525. The van der Waals surface area contributed by atoms with E-state index >= 15 is 0 Å². The van der Waals surface area contributed by atoms with Crippen LogP contribution in [-0.2, 0) is 24.4 Å². The summed E-state index contributed by atoms with van der Waals surface area (Å²) in [4.78, 5) is 16.7. The first-order chi connectivity index (χ1) is 13.6. The van der Waals surface area contributed by atoms with Gasteiger partial charge in [0.15, 0.2) is 10.6 Å². The summed E-state index contributed by atoms with van der Waals surface area (Å²) in [5.74, 6) is 1.38. The van der Waals surface area contributed by atoms with Gasteiger partial charge in [-0.05, 0) is 49.3 Å². The smallest absolute Gasteiger partial charge is 0.226 e. The molecule has 0 atom stereocenters. The van der Waals surface area contributed by atoms with Crippen LogP contribution in [0.15, 0.2) is 29.6 Å². The first kappa shape index (κ1) is 19.1. The lowest BCUT2D eigenvalue weighted by Crippen LogP contribution is -2.26. The van der Waals surface area contributed by atoms with Crippen molar-refractivity contribution in [1.29, 1.82) is 0 Å². The van der Waals surface area contributed by atoms with Crippen molar-refractivity contribution in [2.75, 3.05) is 0 Å². The number of benzene rings is 1. The molecule has 0 saturated heterocycles. The van der Waals surface area contributed by atoms with Crippen LogP contribution < -0.4 is 10.1 Å². The molecule has 2 aromatic heterocycles. The number of aromatic amines is 1. The molecule has 0 aliphatic heterocycles. The third kappa shape index (κ3) is 4.78. The molecule has 2 N–H and O–H groups in total. The second-order valence-corrected chi connectivity index (χ2v) is 8.24. The predicted molar refractivity (Wildman–Crippen MR) is 109 cm³/mol. The first-order valence-corrected chi connectivity index (χ1v) is 10.5. The number of H-pyrrole nitrogens is 1. The maximum absolute atomic E-state index is 12.2. The Morgan fingerprint density at radius 1 is 1.39 bits per heavy atom. The molecule has 1 amide bonds. The van der Waals surface area contributed by atoms with Crippen molar-refractivity contribution in [3.63, 3.8) is 0 Å². The van der Waals surface area contributed by atoms with Crippen molar-refractivity contribution in [2.45, 2.75) is 38.5 Å². The Hall–Kier alpha value is -2.23. The molecule has 1 fully saturated rings. The average molecular weight is 436 g/mol. The fraction of sp³-hybridized carbons (Fsp3) is 0.333. The van der Waals surface area contributed by atoms with Crippen molar-refractivity contribution in [1.82, 2.24) is 25.1 Å². The first-order valence-electron chi connectivity index (χ1n) is 8.82. The van der Waals surface area contributed by atoms with Crippen LogP contribution >= 0.6 is 35.2 Å². The van der Waals surface area contributed by atoms with Crippen LogP contribution in [0, 0.1) is 4.77 Å². The van der Waals surface area contributed by atoms with Gasteiger partial charge in [0.2, 0.25) is 5.91 Å². The van der Waals surface area contributed by atoms with Gasteiger partial charge in [-0.3, -0.25) is 14.5 Å². The molecule has 7 nitrogen and oxygen atoms in total. The van der Waals surface area contributed by atoms with E-state index in [9.17, 15) is 4.79 Å². The lowest BCUT2D eigenvalue weighted by molar-refractivity contribution is -0.120. The molecule has 1 aliphatic carbocycles. The predicted octanol–water partition coefficient (Wildman–Crippen LogP) is 3.82. The van der Waals surface area contributed by atoms with Crippen molar-refractivity contribution >= 4 is 41.1 Å². The Kier molecular flexibility index (Phi) is 5.74. The van der Waals surface area contributed by atoms with E-state index in [0.29, 0.717) is 29.0 Å². The number of nitrogens with one attached hydrogen (secondary N) is 2. The minimum Gasteiger partial charge on any atom is -0.486 e. The van der Waals surface area contributed by atoms with E-state index in [-0.39, 0.29) is 12.3 Å². The Morgan fingerprint density at radius 3 is 2.93 bits per heavy atom. The number of aromatic nitrogens is 4. The number of halogens is 1.